The third kappa shape index (κ3) is 4.40. The molecule has 1 aromatic rings. The molecule has 0 atom stereocenters. The number of carbonyl (C=O) groups is 1. The lowest BCUT2D eigenvalue weighted by atomic mass is 9.99. The van der Waals surface area contributed by atoms with Gasteiger partial charge in [-0.2, -0.15) is 0 Å². The maximum Gasteiger partial charge on any atom is 0.341 e. The average Bonchev–Trinajstić information content (AvgIpc) is 2.45. The first kappa shape index (κ1) is 15.8. The van der Waals surface area contributed by atoms with E-state index in [0.717, 1.165) is 25.9 Å². The predicted molar refractivity (Wildman–Crippen MR) is 76.1 cm³/mol. The summed E-state index contributed by atoms with van der Waals surface area (Å²) in [6, 6.07) is 7.21. The summed E-state index contributed by atoms with van der Waals surface area (Å²) >= 11 is 0. The molecule has 1 saturated heterocycles. The monoisotopic (exact) mass is 285 g/mol. The highest BCUT2D eigenvalue weighted by molar-refractivity contribution is 5.92. The maximum absolute atomic E-state index is 11.6. The van der Waals surface area contributed by atoms with Crippen LogP contribution in [0.3, 0.4) is 0 Å². The number of halogens is 1. The van der Waals surface area contributed by atoms with E-state index in [0.29, 0.717) is 23.8 Å². The average molecular weight is 286 g/mol. The number of hydrogen-bond donors (Lipinski definition) is 1. The molecule has 1 aliphatic rings. The first-order chi connectivity index (χ1) is 8.81. The van der Waals surface area contributed by atoms with Crippen LogP contribution in [0.25, 0.3) is 0 Å². The van der Waals surface area contributed by atoms with Crippen molar-refractivity contribution < 1.29 is 14.3 Å². The van der Waals surface area contributed by atoms with Crippen LogP contribution in [0.1, 0.15) is 23.2 Å². The Labute approximate surface area is 119 Å². The van der Waals surface area contributed by atoms with Crippen molar-refractivity contribution >= 4 is 18.4 Å². The number of nitrogens with one attached hydrogen (secondary N) is 1. The predicted octanol–water partition coefficient (Wildman–Crippen LogP) is 2.27. The van der Waals surface area contributed by atoms with Gasteiger partial charge < -0.3 is 14.8 Å². The van der Waals surface area contributed by atoms with Gasteiger partial charge in [-0.1, -0.05) is 12.1 Å². The van der Waals surface area contributed by atoms with Gasteiger partial charge in [0.1, 0.15) is 11.3 Å². The van der Waals surface area contributed by atoms with Crippen molar-refractivity contribution in [3.05, 3.63) is 29.8 Å². The number of piperidine rings is 1. The van der Waals surface area contributed by atoms with E-state index in [1.807, 2.05) is 18.2 Å². The summed E-state index contributed by atoms with van der Waals surface area (Å²) in [6.45, 7) is 2.76. The summed E-state index contributed by atoms with van der Waals surface area (Å²) < 4.78 is 10.5. The van der Waals surface area contributed by atoms with Crippen LogP contribution in [0.2, 0.25) is 0 Å². The van der Waals surface area contributed by atoms with E-state index in [4.69, 9.17) is 9.47 Å². The Morgan fingerprint density at radius 1 is 1.32 bits per heavy atom. The van der Waals surface area contributed by atoms with Gasteiger partial charge in [-0.25, -0.2) is 4.79 Å². The lowest BCUT2D eigenvalue weighted by Crippen LogP contribution is -2.30. The van der Waals surface area contributed by atoms with Crippen molar-refractivity contribution in [2.75, 3.05) is 26.8 Å². The number of hydrogen-bond acceptors (Lipinski definition) is 4. The van der Waals surface area contributed by atoms with E-state index in [1.165, 1.54) is 7.11 Å². The molecule has 1 N–H and O–H groups in total. The minimum absolute atomic E-state index is 0. The molecule has 5 heteroatoms. The number of methoxy groups -OCH3 is 1. The minimum Gasteiger partial charge on any atom is -0.492 e. The smallest absolute Gasteiger partial charge is 0.341 e. The van der Waals surface area contributed by atoms with Crippen LogP contribution in [0, 0.1) is 5.92 Å². The summed E-state index contributed by atoms with van der Waals surface area (Å²) in [7, 11) is 1.38. The highest BCUT2D eigenvalue weighted by Gasteiger charge is 2.16. The third-order valence-corrected chi connectivity index (χ3v) is 3.23. The zero-order valence-electron chi connectivity index (χ0n) is 11.1. The summed E-state index contributed by atoms with van der Waals surface area (Å²) in [5, 5.41) is 3.32. The van der Waals surface area contributed by atoms with Crippen LogP contribution in [0.4, 0.5) is 0 Å². The summed E-state index contributed by atoms with van der Waals surface area (Å²) in [5.74, 6) is 0.829. The first-order valence-corrected chi connectivity index (χ1v) is 6.32. The molecule has 4 nitrogen and oxygen atoms in total. The molecule has 1 aromatic carbocycles. The Bertz CT molecular complexity index is 405. The van der Waals surface area contributed by atoms with Gasteiger partial charge in [-0.05, 0) is 44.0 Å². The number of esters is 1. The molecule has 0 bridgehead atoms. The summed E-state index contributed by atoms with van der Waals surface area (Å²) in [6.07, 6.45) is 2.25. The molecule has 19 heavy (non-hydrogen) atoms. The highest BCUT2D eigenvalue weighted by atomic mass is 35.5. The van der Waals surface area contributed by atoms with Crippen LogP contribution in [-0.4, -0.2) is 32.8 Å². The fourth-order valence-electron chi connectivity index (χ4n) is 2.13. The van der Waals surface area contributed by atoms with Crippen LogP contribution < -0.4 is 10.1 Å². The van der Waals surface area contributed by atoms with Gasteiger partial charge in [0.25, 0.3) is 0 Å². The Balaban J connectivity index is 0.00000180. The minimum atomic E-state index is -0.351. The van der Waals surface area contributed by atoms with Crippen molar-refractivity contribution in [1.82, 2.24) is 5.32 Å². The van der Waals surface area contributed by atoms with E-state index in [2.05, 4.69) is 5.32 Å². The Hall–Kier alpha value is -1.26. The molecular weight excluding hydrogens is 266 g/mol. The molecule has 1 fully saturated rings. The molecular formula is C14H20ClNO3. The molecule has 0 amide bonds. The van der Waals surface area contributed by atoms with E-state index in [1.54, 1.807) is 6.07 Å². The molecule has 2 rings (SSSR count). The lowest BCUT2D eigenvalue weighted by molar-refractivity contribution is 0.0594. The largest absolute Gasteiger partial charge is 0.492 e. The van der Waals surface area contributed by atoms with Crippen molar-refractivity contribution in [1.29, 1.82) is 0 Å². The SMILES string of the molecule is COC(=O)c1ccccc1OCC1CCNCC1.Cl. The second kappa shape index (κ2) is 8.02. The number of para-hydroxylation sites is 1. The van der Waals surface area contributed by atoms with Crippen LogP contribution >= 0.6 is 12.4 Å². The maximum atomic E-state index is 11.6. The third-order valence-electron chi connectivity index (χ3n) is 3.23. The van der Waals surface area contributed by atoms with Crippen LogP contribution in [-0.2, 0) is 4.74 Å². The van der Waals surface area contributed by atoms with Crippen molar-refractivity contribution in [2.45, 2.75) is 12.8 Å². The number of benzene rings is 1. The molecule has 0 aliphatic carbocycles. The second-order valence-electron chi connectivity index (χ2n) is 4.49. The highest BCUT2D eigenvalue weighted by Crippen LogP contribution is 2.21. The van der Waals surface area contributed by atoms with Gasteiger partial charge in [0.2, 0.25) is 0 Å². The van der Waals surface area contributed by atoms with E-state index in [9.17, 15) is 4.79 Å². The van der Waals surface area contributed by atoms with Crippen molar-refractivity contribution in [3.8, 4) is 5.75 Å². The summed E-state index contributed by atoms with van der Waals surface area (Å²) in [4.78, 5) is 11.6. The number of rotatable bonds is 4. The van der Waals surface area contributed by atoms with Crippen molar-refractivity contribution in [3.63, 3.8) is 0 Å². The molecule has 0 radical (unpaired) electrons. The van der Waals surface area contributed by atoms with E-state index >= 15 is 0 Å². The van der Waals surface area contributed by atoms with Crippen LogP contribution in [0.5, 0.6) is 5.75 Å². The van der Waals surface area contributed by atoms with Gasteiger partial charge in [-0.15, -0.1) is 12.4 Å². The Morgan fingerprint density at radius 3 is 2.68 bits per heavy atom. The van der Waals surface area contributed by atoms with Gasteiger partial charge in [-0.3, -0.25) is 0 Å². The molecule has 0 spiro atoms. The summed E-state index contributed by atoms with van der Waals surface area (Å²) in [5.41, 5.74) is 0.494. The fourth-order valence-corrected chi connectivity index (χ4v) is 2.13. The first-order valence-electron chi connectivity index (χ1n) is 6.32. The number of ether oxygens (including phenoxy) is 2. The van der Waals surface area contributed by atoms with E-state index < -0.39 is 0 Å². The van der Waals surface area contributed by atoms with Gasteiger partial charge in [0, 0.05) is 0 Å². The van der Waals surface area contributed by atoms with Crippen molar-refractivity contribution in [2.24, 2.45) is 5.92 Å². The Kier molecular flexibility index (Phi) is 6.67. The van der Waals surface area contributed by atoms with Crippen LogP contribution in [0.15, 0.2) is 24.3 Å². The zero-order chi connectivity index (χ0) is 12.8. The molecule has 106 valence electrons. The molecule has 0 unspecified atom stereocenters. The molecule has 0 aromatic heterocycles. The molecule has 0 saturated carbocycles. The number of carbonyl (C=O) groups excluding carboxylic acids is 1. The zero-order valence-corrected chi connectivity index (χ0v) is 11.9. The van der Waals surface area contributed by atoms with Gasteiger partial charge >= 0.3 is 5.97 Å². The van der Waals surface area contributed by atoms with Gasteiger partial charge in [0.15, 0.2) is 0 Å². The molecule has 1 heterocycles. The van der Waals surface area contributed by atoms with E-state index in [-0.39, 0.29) is 18.4 Å². The normalized spacial score (nSPS) is 15.4. The quantitative estimate of drug-likeness (QED) is 0.862. The topological polar surface area (TPSA) is 47.6 Å². The fraction of sp³-hybridized carbons (Fsp3) is 0.500. The standard InChI is InChI=1S/C14H19NO3.ClH/c1-17-14(16)12-4-2-3-5-13(12)18-10-11-6-8-15-9-7-11;/h2-5,11,15H,6-10H2,1H3;1H. The molecule has 1 aliphatic heterocycles. The van der Waals surface area contributed by atoms with Gasteiger partial charge in [0.05, 0.1) is 13.7 Å². The lowest BCUT2D eigenvalue weighted by Gasteiger charge is -2.23. The second-order valence-corrected chi connectivity index (χ2v) is 4.49. The Morgan fingerprint density at radius 2 is 2.00 bits per heavy atom.